The number of likely N-dealkylation sites (N-methyl/N-ethyl adjacent to an activating group) is 1. The zero-order chi connectivity index (χ0) is 13.7. The van der Waals surface area contributed by atoms with E-state index in [2.05, 4.69) is 33.7 Å². The van der Waals surface area contributed by atoms with Crippen molar-refractivity contribution in [2.24, 2.45) is 0 Å². The maximum absolute atomic E-state index is 5.34. The van der Waals surface area contributed by atoms with Crippen LogP contribution in [0.25, 0.3) is 0 Å². The third-order valence-corrected chi connectivity index (χ3v) is 2.84. The van der Waals surface area contributed by atoms with Crippen LogP contribution in [0.1, 0.15) is 17.0 Å². The highest BCUT2D eigenvalue weighted by Gasteiger charge is 2.07. The quantitative estimate of drug-likeness (QED) is 0.833. The van der Waals surface area contributed by atoms with Crippen LogP contribution in [-0.2, 0) is 13.0 Å². The fraction of sp³-hybridized carbons (Fsp3) is 0.462. The van der Waals surface area contributed by atoms with Crippen LogP contribution >= 0.6 is 0 Å². The number of hydrogen-bond donors (Lipinski definition) is 1. The van der Waals surface area contributed by atoms with E-state index in [1.807, 2.05) is 19.2 Å². The zero-order valence-electron chi connectivity index (χ0n) is 11.6. The van der Waals surface area contributed by atoms with Crippen LogP contribution in [0.2, 0.25) is 0 Å². The molecule has 0 atom stereocenters. The van der Waals surface area contributed by atoms with E-state index in [4.69, 9.17) is 4.74 Å². The molecule has 0 amide bonds. The lowest BCUT2D eigenvalue weighted by Crippen LogP contribution is -2.11. The van der Waals surface area contributed by atoms with Gasteiger partial charge in [-0.05, 0) is 25.3 Å². The van der Waals surface area contributed by atoms with Crippen molar-refractivity contribution in [3.8, 4) is 5.75 Å². The maximum Gasteiger partial charge on any atom is 0.176 e. The topological polar surface area (TPSA) is 64.9 Å². The van der Waals surface area contributed by atoms with Gasteiger partial charge in [-0.1, -0.05) is 17.7 Å². The summed E-state index contributed by atoms with van der Waals surface area (Å²) in [7, 11) is 3.57. The lowest BCUT2D eigenvalue weighted by Gasteiger charge is -2.08. The average Bonchev–Trinajstić information content (AvgIpc) is 2.84. The molecular weight excluding hydrogens is 242 g/mol. The monoisotopic (exact) mass is 261 g/mol. The van der Waals surface area contributed by atoms with Crippen LogP contribution in [0, 0.1) is 6.92 Å². The number of nitrogens with zero attached hydrogens (tertiary/aromatic N) is 4. The molecule has 2 rings (SSSR count). The second-order valence-corrected chi connectivity index (χ2v) is 4.40. The molecule has 19 heavy (non-hydrogen) atoms. The first kappa shape index (κ1) is 13.5. The summed E-state index contributed by atoms with van der Waals surface area (Å²) >= 11 is 0. The number of aryl methyl sites for hydroxylation is 1. The summed E-state index contributed by atoms with van der Waals surface area (Å²) < 4.78 is 5.34. The maximum atomic E-state index is 5.34. The van der Waals surface area contributed by atoms with Crippen LogP contribution in [0.3, 0.4) is 0 Å². The van der Waals surface area contributed by atoms with E-state index < -0.39 is 0 Å². The molecular formula is C13H19N5O. The van der Waals surface area contributed by atoms with E-state index in [-0.39, 0.29) is 0 Å². The van der Waals surface area contributed by atoms with Crippen molar-refractivity contribution in [1.29, 1.82) is 0 Å². The standard InChI is InChI=1S/C13H19N5O/c1-10-4-5-12(19-3)11(8-10)9-18-16-13(15-17-18)6-7-14-2/h4-5,8,14H,6-7,9H2,1-3H3. The predicted molar refractivity (Wildman–Crippen MR) is 72.3 cm³/mol. The molecule has 0 aliphatic rings. The second-order valence-electron chi connectivity index (χ2n) is 4.40. The molecule has 0 bridgehead atoms. The predicted octanol–water partition coefficient (Wildman–Crippen LogP) is 0.800. The Labute approximate surface area is 112 Å². The molecule has 1 aromatic carbocycles. The van der Waals surface area contributed by atoms with Crippen LogP contribution in [0.4, 0.5) is 0 Å². The molecule has 1 N–H and O–H groups in total. The van der Waals surface area contributed by atoms with Crippen LogP contribution < -0.4 is 10.1 Å². The Morgan fingerprint density at radius 1 is 1.37 bits per heavy atom. The summed E-state index contributed by atoms with van der Waals surface area (Å²) in [6, 6.07) is 6.06. The molecule has 0 saturated carbocycles. The van der Waals surface area contributed by atoms with Gasteiger partial charge in [-0.2, -0.15) is 4.80 Å². The molecule has 0 saturated heterocycles. The number of hydrogen-bond acceptors (Lipinski definition) is 5. The van der Waals surface area contributed by atoms with Gasteiger partial charge in [0.25, 0.3) is 0 Å². The highest BCUT2D eigenvalue weighted by molar-refractivity contribution is 5.36. The second kappa shape index (κ2) is 6.29. The van der Waals surface area contributed by atoms with Gasteiger partial charge in [-0.3, -0.25) is 0 Å². The Bertz CT molecular complexity index is 538. The van der Waals surface area contributed by atoms with Crippen molar-refractivity contribution in [3.05, 3.63) is 35.2 Å². The number of benzene rings is 1. The summed E-state index contributed by atoms with van der Waals surface area (Å²) in [4.78, 5) is 1.60. The molecule has 6 heteroatoms. The molecule has 6 nitrogen and oxygen atoms in total. The van der Waals surface area contributed by atoms with E-state index in [0.717, 1.165) is 30.1 Å². The lowest BCUT2D eigenvalue weighted by atomic mass is 10.1. The van der Waals surface area contributed by atoms with Gasteiger partial charge in [0, 0.05) is 18.5 Å². The van der Waals surface area contributed by atoms with E-state index in [9.17, 15) is 0 Å². The molecule has 0 radical (unpaired) electrons. The Morgan fingerprint density at radius 3 is 2.95 bits per heavy atom. The Balaban J connectivity index is 2.12. The van der Waals surface area contributed by atoms with E-state index >= 15 is 0 Å². The Hall–Kier alpha value is -1.95. The van der Waals surface area contributed by atoms with E-state index in [0.29, 0.717) is 6.54 Å². The summed E-state index contributed by atoms with van der Waals surface area (Å²) in [6.07, 6.45) is 0.779. The van der Waals surface area contributed by atoms with Gasteiger partial charge in [-0.15, -0.1) is 10.2 Å². The average molecular weight is 261 g/mol. The SMILES string of the molecule is CNCCc1nnn(Cc2cc(C)ccc2OC)n1. The Morgan fingerprint density at radius 2 is 2.21 bits per heavy atom. The minimum absolute atomic E-state index is 0.567. The third kappa shape index (κ3) is 3.51. The van der Waals surface area contributed by atoms with Gasteiger partial charge in [-0.25, -0.2) is 0 Å². The summed E-state index contributed by atoms with van der Waals surface area (Å²) in [5.74, 6) is 1.60. The smallest absolute Gasteiger partial charge is 0.176 e. The van der Waals surface area contributed by atoms with Gasteiger partial charge in [0.15, 0.2) is 5.82 Å². The molecule has 0 spiro atoms. The largest absolute Gasteiger partial charge is 0.496 e. The van der Waals surface area contributed by atoms with E-state index in [1.54, 1.807) is 11.9 Å². The lowest BCUT2D eigenvalue weighted by molar-refractivity contribution is 0.405. The number of nitrogens with one attached hydrogen (secondary N) is 1. The number of rotatable bonds is 6. The molecule has 2 aromatic rings. The molecule has 0 fully saturated rings. The molecule has 102 valence electrons. The van der Waals surface area contributed by atoms with Crippen LogP contribution in [0.5, 0.6) is 5.75 Å². The minimum atomic E-state index is 0.567. The molecule has 1 heterocycles. The molecule has 0 aliphatic carbocycles. The number of methoxy groups -OCH3 is 1. The first-order valence-corrected chi connectivity index (χ1v) is 6.27. The Kier molecular flexibility index (Phi) is 4.46. The highest BCUT2D eigenvalue weighted by Crippen LogP contribution is 2.20. The number of ether oxygens (including phenoxy) is 1. The summed E-state index contributed by atoms with van der Waals surface area (Å²) in [5, 5.41) is 15.5. The van der Waals surface area contributed by atoms with E-state index in [1.165, 1.54) is 5.56 Å². The van der Waals surface area contributed by atoms with Gasteiger partial charge in [0.2, 0.25) is 0 Å². The van der Waals surface area contributed by atoms with Crippen molar-refractivity contribution < 1.29 is 4.74 Å². The van der Waals surface area contributed by atoms with Crippen molar-refractivity contribution in [1.82, 2.24) is 25.5 Å². The fourth-order valence-corrected chi connectivity index (χ4v) is 1.86. The molecule has 1 aromatic heterocycles. The molecule has 0 aliphatic heterocycles. The third-order valence-electron chi connectivity index (χ3n) is 2.84. The number of aromatic nitrogens is 4. The number of tetrazole rings is 1. The van der Waals surface area contributed by atoms with Crippen molar-refractivity contribution in [2.45, 2.75) is 19.9 Å². The minimum Gasteiger partial charge on any atom is -0.496 e. The van der Waals surface area contributed by atoms with Crippen molar-refractivity contribution >= 4 is 0 Å². The fourth-order valence-electron chi connectivity index (χ4n) is 1.86. The zero-order valence-corrected chi connectivity index (χ0v) is 11.6. The molecule has 0 unspecified atom stereocenters. The highest BCUT2D eigenvalue weighted by atomic mass is 16.5. The van der Waals surface area contributed by atoms with Crippen LogP contribution in [0.15, 0.2) is 18.2 Å². The van der Waals surface area contributed by atoms with Crippen molar-refractivity contribution in [2.75, 3.05) is 20.7 Å². The van der Waals surface area contributed by atoms with Crippen LogP contribution in [-0.4, -0.2) is 40.9 Å². The first-order chi connectivity index (χ1) is 9.22. The van der Waals surface area contributed by atoms with Gasteiger partial charge >= 0.3 is 0 Å². The first-order valence-electron chi connectivity index (χ1n) is 6.27. The normalized spacial score (nSPS) is 10.7. The van der Waals surface area contributed by atoms with Gasteiger partial charge in [0.05, 0.1) is 13.7 Å². The van der Waals surface area contributed by atoms with Gasteiger partial charge in [0.1, 0.15) is 5.75 Å². The summed E-state index contributed by atoms with van der Waals surface area (Å²) in [6.45, 7) is 3.47. The van der Waals surface area contributed by atoms with Gasteiger partial charge < -0.3 is 10.1 Å². The summed E-state index contributed by atoms with van der Waals surface area (Å²) in [5.41, 5.74) is 2.24. The van der Waals surface area contributed by atoms with Crippen molar-refractivity contribution in [3.63, 3.8) is 0 Å².